The summed E-state index contributed by atoms with van der Waals surface area (Å²) in [6.45, 7) is 3.70. The molecule has 0 radical (unpaired) electrons. The number of fused-ring (bicyclic) bond motifs is 2. The van der Waals surface area contributed by atoms with Crippen molar-refractivity contribution in [2.75, 3.05) is 0 Å². The number of amides is 2. The zero-order valence-electron chi connectivity index (χ0n) is 18.8. The van der Waals surface area contributed by atoms with E-state index in [-0.39, 0.29) is 11.8 Å². The Hall–Kier alpha value is -4.54. The van der Waals surface area contributed by atoms with Crippen LogP contribution in [0.25, 0.3) is 0 Å². The SMILES string of the molecule is C/C1=C/C=C/NC(=O)/C=C/C=C/C2=CC=CC=C(/C=C/NC(=O)/C=C/C=C(/C)C#CC#C1)C2. The quantitative estimate of drug-likeness (QED) is 0.546. The fourth-order valence-corrected chi connectivity index (χ4v) is 2.54. The number of hydrogen-bond donors (Lipinski definition) is 2. The van der Waals surface area contributed by atoms with Gasteiger partial charge in [0.05, 0.1) is 0 Å². The van der Waals surface area contributed by atoms with Crippen LogP contribution in [0.3, 0.4) is 0 Å². The van der Waals surface area contributed by atoms with Gasteiger partial charge in [0.25, 0.3) is 0 Å². The van der Waals surface area contributed by atoms with Gasteiger partial charge in [-0.1, -0.05) is 66.5 Å². The minimum atomic E-state index is -0.230. The average molecular weight is 435 g/mol. The number of carbonyl (C=O) groups is 2. The monoisotopic (exact) mass is 434 g/mol. The minimum Gasteiger partial charge on any atom is -0.329 e. The third-order valence-electron chi connectivity index (χ3n) is 4.18. The van der Waals surface area contributed by atoms with Gasteiger partial charge in [-0.15, -0.1) is 0 Å². The average Bonchev–Trinajstić information content (AvgIpc) is 3.02. The zero-order valence-corrected chi connectivity index (χ0v) is 18.8. The van der Waals surface area contributed by atoms with Crippen LogP contribution in [0, 0.1) is 23.7 Å². The molecule has 0 saturated carbocycles. The maximum absolute atomic E-state index is 12.0. The predicted octanol–water partition coefficient (Wildman–Crippen LogP) is 4.64. The molecule has 2 amide bonds. The van der Waals surface area contributed by atoms with Gasteiger partial charge in [-0.2, -0.15) is 0 Å². The maximum atomic E-state index is 12.0. The topological polar surface area (TPSA) is 58.2 Å². The highest BCUT2D eigenvalue weighted by molar-refractivity contribution is 5.89. The second kappa shape index (κ2) is 14.5. The highest BCUT2D eigenvalue weighted by Gasteiger charge is 1.99. The van der Waals surface area contributed by atoms with E-state index in [1.54, 1.807) is 42.8 Å². The molecule has 2 aliphatic rings. The van der Waals surface area contributed by atoms with Crippen molar-refractivity contribution >= 4 is 11.8 Å². The first kappa shape index (κ1) is 24.7. The molecule has 0 spiro atoms. The van der Waals surface area contributed by atoms with Crippen molar-refractivity contribution in [3.8, 4) is 23.7 Å². The summed E-state index contributed by atoms with van der Waals surface area (Å²) in [6, 6.07) is 0. The van der Waals surface area contributed by atoms with Crippen LogP contribution >= 0.6 is 0 Å². The lowest BCUT2D eigenvalue weighted by atomic mass is 10.1. The summed E-state index contributed by atoms with van der Waals surface area (Å²) in [7, 11) is 0. The zero-order chi connectivity index (χ0) is 23.7. The van der Waals surface area contributed by atoms with Gasteiger partial charge in [0.1, 0.15) is 0 Å². The predicted molar refractivity (Wildman–Crippen MR) is 135 cm³/mol. The lowest BCUT2D eigenvalue weighted by Crippen LogP contribution is -2.13. The van der Waals surface area contributed by atoms with Gasteiger partial charge in [0.2, 0.25) is 11.8 Å². The van der Waals surface area contributed by atoms with Crippen LogP contribution in [-0.2, 0) is 9.59 Å². The van der Waals surface area contributed by atoms with Crippen LogP contribution in [0.1, 0.15) is 20.3 Å². The molecule has 1 aliphatic heterocycles. The molecule has 2 bridgehead atoms. The summed E-state index contributed by atoms with van der Waals surface area (Å²) in [5.41, 5.74) is 3.71. The molecule has 0 atom stereocenters. The van der Waals surface area contributed by atoms with E-state index in [1.165, 1.54) is 12.2 Å². The summed E-state index contributed by atoms with van der Waals surface area (Å²) in [5.74, 6) is 10.9. The van der Waals surface area contributed by atoms with Crippen LogP contribution in [0.15, 0.2) is 120 Å². The molecule has 0 aromatic rings. The molecule has 1 aliphatic carbocycles. The third kappa shape index (κ3) is 11.4. The molecule has 0 fully saturated rings. The Morgan fingerprint density at radius 1 is 0.606 bits per heavy atom. The van der Waals surface area contributed by atoms with Crippen molar-refractivity contribution < 1.29 is 9.59 Å². The Balaban J connectivity index is 2.21. The highest BCUT2D eigenvalue weighted by atomic mass is 16.2. The minimum absolute atomic E-state index is 0.228. The van der Waals surface area contributed by atoms with Gasteiger partial charge in [-0.25, -0.2) is 0 Å². The molecule has 0 saturated heterocycles. The van der Waals surface area contributed by atoms with E-state index in [9.17, 15) is 9.59 Å². The Kier molecular flexibility index (Phi) is 10.8. The first-order valence-electron chi connectivity index (χ1n) is 10.4. The highest BCUT2D eigenvalue weighted by Crippen LogP contribution is 2.17. The van der Waals surface area contributed by atoms with Gasteiger partial charge in [-0.3, -0.25) is 9.59 Å². The van der Waals surface area contributed by atoms with E-state index in [0.29, 0.717) is 6.42 Å². The van der Waals surface area contributed by atoms with Crippen LogP contribution < -0.4 is 10.6 Å². The molecule has 164 valence electrons. The molecule has 4 nitrogen and oxygen atoms in total. The summed E-state index contributed by atoms with van der Waals surface area (Å²) in [5, 5.41) is 5.39. The fourth-order valence-electron chi connectivity index (χ4n) is 2.54. The van der Waals surface area contributed by atoms with E-state index < -0.39 is 0 Å². The molecule has 4 heteroatoms. The summed E-state index contributed by atoms with van der Waals surface area (Å²) in [6.07, 6.45) is 28.9. The summed E-state index contributed by atoms with van der Waals surface area (Å²) >= 11 is 0. The van der Waals surface area contributed by atoms with Crippen LogP contribution in [0.4, 0.5) is 0 Å². The van der Waals surface area contributed by atoms with Crippen molar-refractivity contribution in [1.82, 2.24) is 10.6 Å². The number of hydrogen-bond acceptors (Lipinski definition) is 2. The van der Waals surface area contributed by atoms with Crippen LogP contribution in [0.2, 0.25) is 0 Å². The first-order chi connectivity index (χ1) is 16.0. The van der Waals surface area contributed by atoms with Gasteiger partial charge in [0.15, 0.2) is 0 Å². The van der Waals surface area contributed by atoms with E-state index in [4.69, 9.17) is 0 Å². The Bertz CT molecular complexity index is 1190. The summed E-state index contributed by atoms with van der Waals surface area (Å²) in [4.78, 5) is 23.9. The second-order valence-corrected chi connectivity index (χ2v) is 7.03. The van der Waals surface area contributed by atoms with Crippen molar-refractivity contribution in [3.05, 3.63) is 120 Å². The largest absolute Gasteiger partial charge is 0.329 e. The second-order valence-electron chi connectivity index (χ2n) is 7.03. The first-order valence-corrected chi connectivity index (χ1v) is 10.4. The number of allylic oxidation sites excluding steroid dienone is 16. The van der Waals surface area contributed by atoms with E-state index in [0.717, 1.165) is 22.3 Å². The maximum Gasteiger partial charge on any atom is 0.247 e. The van der Waals surface area contributed by atoms with E-state index in [1.807, 2.05) is 56.4 Å². The lowest BCUT2D eigenvalue weighted by molar-refractivity contribution is -0.116. The molecule has 1 heterocycles. The fraction of sp³-hybridized carbons (Fsp3) is 0.103. The number of carbonyl (C=O) groups excluding carboxylic acids is 2. The standard InChI is InChI=1S/C29H26N2O2/c1-24-11-3-4-12-25(2)14-10-21-30-28(32)18-8-7-16-26-15-5-6-17-27(23-26)20-22-31-29(33)19-9-13-24/h5-10,13-22H,23H2,1-2H3,(H,30,32)(H,31,33). The molecule has 2 rings (SSSR count). The molecular formula is C29H26N2O2. The molecule has 0 aromatic carbocycles. The number of nitrogens with one attached hydrogen (secondary N) is 2. The van der Waals surface area contributed by atoms with Gasteiger partial charge in [-0.05, 0) is 67.1 Å². The number of rotatable bonds is 0. The summed E-state index contributed by atoms with van der Waals surface area (Å²) < 4.78 is 0. The van der Waals surface area contributed by atoms with Crippen molar-refractivity contribution in [2.45, 2.75) is 20.3 Å². The van der Waals surface area contributed by atoms with E-state index in [2.05, 4.69) is 34.3 Å². The van der Waals surface area contributed by atoms with E-state index >= 15 is 0 Å². The normalized spacial score (nSPS) is 25.3. The van der Waals surface area contributed by atoms with Crippen molar-refractivity contribution in [2.24, 2.45) is 0 Å². The molecular weight excluding hydrogens is 408 g/mol. The Morgan fingerprint density at radius 2 is 1.15 bits per heavy atom. The lowest BCUT2D eigenvalue weighted by Gasteiger charge is -2.01. The van der Waals surface area contributed by atoms with Crippen molar-refractivity contribution in [1.29, 1.82) is 0 Å². The van der Waals surface area contributed by atoms with Crippen LogP contribution in [0.5, 0.6) is 0 Å². The Morgan fingerprint density at radius 3 is 1.85 bits per heavy atom. The molecule has 33 heavy (non-hydrogen) atoms. The third-order valence-corrected chi connectivity index (χ3v) is 4.18. The smallest absolute Gasteiger partial charge is 0.247 e. The molecule has 2 N–H and O–H groups in total. The van der Waals surface area contributed by atoms with Crippen molar-refractivity contribution in [3.63, 3.8) is 0 Å². The molecule has 0 aromatic heterocycles. The molecule has 0 unspecified atom stereocenters. The van der Waals surface area contributed by atoms with Crippen LogP contribution in [-0.4, -0.2) is 11.8 Å². The Labute approximate surface area is 195 Å². The van der Waals surface area contributed by atoms with Gasteiger partial charge < -0.3 is 10.6 Å². The van der Waals surface area contributed by atoms with Gasteiger partial charge in [0, 0.05) is 30.1 Å². The van der Waals surface area contributed by atoms with Gasteiger partial charge >= 0.3 is 0 Å².